The number of nitrogens with zero attached hydrogens (tertiary/aromatic N) is 2. The third-order valence-electron chi connectivity index (χ3n) is 3.34. The van der Waals surface area contributed by atoms with E-state index in [1.54, 1.807) is 12.0 Å². The van der Waals surface area contributed by atoms with Gasteiger partial charge < -0.3 is 15.0 Å². The topological polar surface area (TPSA) is 65.4 Å². The van der Waals surface area contributed by atoms with Gasteiger partial charge in [-0.05, 0) is 26.3 Å². The number of rotatable bonds is 6. The highest BCUT2D eigenvalue weighted by Crippen LogP contribution is 2.18. The molecular weight excluding hydrogens is 230 g/mol. The molecule has 102 valence electrons. The second-order valence-corrected chi connectivity index (χ2v) is 4.80. The lowest BCUT2D eigenvalue weighted by molar-refractivity contribution is -0.137. The van der Waals surface area contributed by atoms with Gasteiger partial charge in [-0.15, -0.1) is 0 Å². The van der Waals surface area contributed by atoms with Crippen LogP contribution in [0.2, 0.25) is 0 Å². The number of ether oxygens (including phenoxy) is 1. The molecule has 18 heavy (non-hydrogen) atoms. The summed E-state index contributed by atoms with van der Waals surface area (Å²) in [4.78, 5) is 14.2. The summed E-state index contributed by atoms with van der Waals surface area (Å²) < 4.78 is 5.02. The van der Waals surface area contributed by atoms with Gasteiger partial charge in [0.25, 0.3) is 0 Å². The zero-order valence-electron chi connectivity index (χ0n) is 11.3. The second kappa shape index (κ2) is 8.06. The van der Waals surface area contributed by atoms with Crippen molar-refractivity contribution in [3.8, 4) is 6.07 Å². The molecule has 0 aromatic heterocycles. The van der Waals surface area contributed by atoms with E-state index in [-0.39, 0.29) is 11.8 Å². The Morgan fingerprint density at radius 2 is 2.33 bits per heavy atom. The minimum absolute atomic E-state index is 0.0943. The molecule has 0 spiro atoms. The maximum atomic E-state index is 12.4. The van der Waals surface area contributed by atoms with E-state index in [0.29, 0.717) is 32.2 Å². The average Bonchev–Trinajstić information content (AvgIpc) is 2.38. The van der Waals surface area contributed by atoms with E-state index in [1.807, 2.05) is 0 Å². The van der Waals surface area contributed by atoms with Crippen molar-refractivity contribution in [1.82, 2.24) is 10.2 Å². The first kappa shape index (κ1) is 14.9. The molecule has 1 amide bonds. The van der Waals surface area contributed by atoms with Gasteiger partial charge in [0.2, 0.25) is 5.91 Å². The Hall–Kier alpha value is -1.12. The molecule has 1 fully saturated rings. The van der Waals surface area contributed by atoms with Crippen LogP contribution in [0, 0.1) is 17.2 Å². The monoisotopic (exact) mass is 253 g/mol. The normalized spacial score (nSPS) is 23.4. The number of hydrogen-bond acceptors (Lipinski definition) is 4. The Labute approximate surface area is 109 Å². The molecule has 2 unspecified atom stereocenters. The van der Waals surface area contributed by atoms with E-state index in [0.717, 1.165) is 19.4 Å². The van der Waals surface area contributed by atoms with Crippen LogP contribution in [0.15, 0.2) is 0 Å². The SMILES string of the molecule is COCCN(CCC#N)C(=O)C1CCNC(C)C1. The summed E-state index contributed by atoms with van der Waals surface area (Å²) in [5.41, 5.74) is 0. The molecule has 2 atom stereocenters. The van der Waals surface area contributed by atoms with Crippen LogP contribution in [0.5, 0.6) is 0 Å². The van der Waals surface area contributed by atoms with Gasteiger partial charge in [0.1, 0.15) is 0 Å². The van der Waals surface area contributed by atoms with E-state index in [9.17, 15) is 4.79 Å². The summed E-state index contributed by atoms with van der Waals surface area (Å²) in [6.07, 6.45) is 2.16. The highest BCUT2D eigenvalue weighted by atomic mass is 16.5. The molecule has 1 aliphatic heterocycles. The summed E-state index contributed by atoms with van der Waals surface area (Å²) in [7, 11) is 1.62. The van der Waals surface area contributed by atoms with Gasteiger partial charge in [0, 0.05) is 32.2 Å². The van der Waals surface area contributed by atoms with Gasteiger partial charge in [0.15, 0.2) is 0 Å². The molecule has 1 N–H and O–H groups in total. The lowest BCUT2D eigenvalue weighted by atomic mass is 9.92. The van der Waals surface area contributed by atoms with Crippen LogP contribution in [-0.2, 0) is 9.53 Å². The summed E-state index contributed by atoms with van der Waals surface area (Å²) in [6, 6.07) is 2.49. The summed E-state index contributed by atoms with van der Waals surface area (Å²) in [6.45, 7) is 4.62. The van der Waals surface area contributed by atoms with E-state index < -0.39 is 0 Å². The molecule has 0 aromatic rings. The van der Waals surface area contributed by atoms with Crippen molar-refractivity contribution < 1.29 is 9.53 Å². The van der Waals surface area contributed by atoms with Gasteiger partial charge in [0.05, 0.1) is 19.1 Å². The number of piperidine rings is 1. The fourth-order valence-corrected chi connectivity index (χ4v) is 2.33. The molecule has 0 saturated carbocycles. The lowest BCUT2D eigenvalue weighted by Crippen LogP contribution is -2.45. The number of nitriles is 1. The second-order valence-electron chi connectivity index (χ2n) is 4.80. The van der Waals surface area contributed by atoms with Crippen molar-refractivity contribution >= 4 is 5.91 Å². The molecule has 1 heterocycles. The van der Waals surface area contributed by atoms with Crippen LogP contribution in [0.25, 0.3) is 0 Å². The Balaban J connectivity index is 2.53. The maximum absolute atomic E-state index is 12.4. The van der Waals surface area contributed by atoms with E-state index in [4.69, 9.17) is 10.00 Å². The Morgan fingerprint density at radius 1 is 1.56 bits per heavy atom. The summed E-state index contributed by atoms with van der Waals surface area (Å²) in [5.74, 6) is 0.271. The van der Waals surface area contributed by atoms with Crippen molar-refractivity contribution in [1.29, 1.82) is 5.26 Å². The molecule has 0 aromatic carbocycles. The molecule has 5 nitrogen and oxygen atoms in total. The first-order chi connectivity index (χ1) is 8.69. The Morgan fingerprint density at radius 3 is 2.94 bits per heavy atom. The summed E-state index contributed by atoms with van der Waals surface area (Å²) >= 11 is 0. The van der Waals surface area contributed by atoms with E-state index in [2.05, 4.69) is 18.3 Å². The lowest BCUT2D eigenvalue weighted by Gasteiger charge is -2.31. The number of carbonyl (C=O) groups is 1. The first-order valence-electron chi connectivity index (χ1n) is 6.57. The number of nitrogens with one attached hydrogen (secondary N) is 1. The van der Waals surface area contributed by atoms with Gasteiger partial charge in [-0.25, -0.2) is 0 Å². The molecule has 0 aliphatic carbocycles. The quantitative estimate of drug-likeness (QED) is 0.759. The molecule has 5 heteroatoms. The largest absolute Gasteiger partial charge is 0.383 e. The van der Waals surface area contributed by atoms with E-state index >= 15 is 0 Å². The predicted octanol–water partition coefficient (Wildman–Crippen LogP) is 0.763. The first-order valence-corrected chi connectivity index (χ1v) is 6.57. The molecule has 1 rings (SSSR count). The van der Waals surface area contributed by atoms with Gasteiger partial charge in [-0.3, -0.25) is 4.79 Å². The predicted molar refractivity (Wildman–Crippen MR) is 68.9 cm³/mol. The van der Waals surface area contributed by atoms with Gasteiger partial charge >= 0.3 is 0 Å². The fraction of sp³-hybridized carbons (Fsp3) is 0.846. The minimum Gasteiger partial charge on any atom is -0.383 e. The van der Waals surface area contributed by atoms with Gasteiger partial charge in [-0.1, -0.05) is 0 Å². The molecule has 1 aliphatic rings. The number of hydrogen-bond donors (Lipinski definition) is 1. The van der Waals surface area contributed by atoms with Crippen LogP contribution >= 0.6 is 0 Å². The number of amides is 1. The third-order valence-corrected chi connectivity index (χ3v) is 3.34. The van der Waals surface area contributed by atoms with Crippen molar-refractivity contribution in [2.75, 3.05) is 33.4 Å². The van der Waals surface area contributed by atoms with E-state index in [1.165, 1.54) is 0 Å². The highest BCUT2D eigenvalue weighted by Gasteiger charge is 2.28. The zero-order chi connectivity index (χ0) is 13.4. The number of methoxy groups -OCH3 is 1. The van der Waals surface area contributed by atoms with Crippen molar-refractivity contribution in [3.63, 3.8) is 0 Å². The molecule has 0 radical (unpaired) electrons. The van der Waals surface area contributed by atoms with Crippen LogP contribution in [0.3, 0.4) is 0 Å². The van der Waals surface area contributed by atoms with Crippen molar-refractivity contribution in [2.24, 2.45) is 5.92 Å². The van der Waals surface area contributed by atoms with Crippen LogP contribution in [0.4, 0.5) is 0 Å². The Bertz CT molecular complexity index is 301. The smallest absolute Gasteiger partial charge is 0.225 e. The molecular formula is C13H23N3O2. The van der Waals surface area contributed by atoms with Gasteiger partial charge in [-0.2, -0.15) is 5.26 Å². The minimum atomic E-state index is 0.0943. The van der Waals surface area contributed by atoms with Crippen LogP contribution < -0.4 is 5.32 Å². The van der Waals surface area contributed by atoms with Crippen molar-refractivity contribution in [2.45, 2.75) is 32.2 Å². The standard InChI is InChI=1S/C13H23N3O2/c1-11-10-12(4-6-15-11)13(17)16(7-3-5-14)8-9-18-2/h11-12,15H,3-4,6-10H2,1-2H3. The Kier molecular flexibility index (Phi) is 6.69. The summed E-state index contributed by atoms with van der Waals surface area (Å²) in [5, 5.41) is 12.0. The third kappa shape index (κ3) is 4.63. The van der Waals surface area contributed by atoms with Crippen LogP contribution in [-0.4, -0.2) is 50.2 Å². The maximum Gasteiger partial charge on any atom is 0.225 e. The zero-order valence-corrected chi connectivity index (χ0v) is 11.3. The fourth-order valence-electron chi connectivity index (χ4n) is 2.33. The molecule has 0 bridgehead atoms. The van der Waals surface area contributed by atoms with Crippen LogP contribution in [0.1, 0.15) is 26.2 Å². The van der Waals surface area contributed by atoms with Crippen molar-refractivity contribution in [3.05, 3.63) is 0 Å². The average molecular weight is 253 g/mol. The highest BCUT2D eigenvalue weighted by molar-refractivity contribution is 5.79. The molecule has 1 saturated heterocycles. The number of carbonyl (C=O) groups excluding carboxylic acids is 1.